The lowest BCUT2D eigenvalue weighted by molar-refractivity contribution is -0.907. The molecule has 1 heterocycles. The van der Waals surface area contributed by atoms with Gasteiger partial charge in [0.25, 0.3) is 5.91 Å². The van der Waals surface area contributed by atoms with Gasteiger partial charge in [-0.2, -0.15) is 0 Å². The van der Waals surface area contributed by atoms with Crippen LogP contribution in [0, 0.1) is 0 Å². The molecule has 0 aliphatic carbocycles. The summed E-state index contributed by atoms with van der Waals surface area (Å²) in [4.78, 5) is 24.8. The van der Waals surface area contributed by atoms with Crippen LogP contribution in [0.1, 0.15) is 20.8 Å². The van der Waals surface area contributed by atoms with Crippen LogP contribution in [0.4, 0.5) is 11.4 Å². The van der Waals surface area contributed by atoms with Gasteiger partial charge >= 0.3 is 0 Å². The molecule has 1 aromatic carbocycles. The highest BCUT2D eigenvalue weighted by molar-refractivity contribution is 5.95. The minimum absolute atomic E-state index is 0.0930. The predicted molar refractivity (Wildman–Crippen MR) is 91.5 cm³/mol. The summed E-state index contributed by atoms with van der Waals surface area (Å²) in [5.41, 5.74) is 1.15. The van der Waals surface area contributed by atoms with Gasteiger partial charge in [0, 0.05) is 12.6 Å². The summed E-state index contributed by atoms with van der Waals surface area (Å²) >= 11 is 0. The van der Waals surface area contributed by atoms with E-state index in [-0.39, 0.29) is 24.0 Å². The van der Waals surface area contributed by atoms with E-state index in [0.717, 1.165) is 13.1 Å². The van der Waals surface area contributed by atoms with Gasteiger partial charge in [-0.1, -0.05) is 0 Å². The lowest BCUT2D eigenvalue weighted by Gasteiger charge is -2.31. The van der Waals surface area contributed by atoms with Crippen LogP contribution in [0.15, 0.2) is 18.2 Å². The number of nitrogens with one attached hydrogen (secondary N) is 3. The first-order valence-corrected chi connectivity index (χ1v) is 8.12. The van der Waals surface area contributed by atoms with E-state index in [2.05, 4.69) is 10.6 Å². The van der Waals surface area contributed by atoms with Crippen LogP contribution in [0.3, 0.4) is 0 Å². The maximum absolute atomic E-state index is 12.4. The number of morpholine rings is 1. The van der Waals surface area contributed by atoms with Crippen molar-refractivity contribution in [2.24, 2.45) is 0 Å². The quantitative estimate of drug-likeness (QED) is 0.722. The highest BCUT2D eigenvalue weighted by Crippen LogP contribution is 2.27. The van der Waals surface area contributed by atoms with Gasteiger partial charge in [0.05, 0.1) is 12.8 Å². The van der Waals surface area contributed by atoms with E-state index in [9.17, 15) is 9.59 Å². The Hall–Kier alpha value is -2.12. The molecular weight excluding hydrogens is 310 g/mol. The van der Waals surface area contributed by atoms with E-state index in [0.29, 0.717) is 23.7 Å². The van der Waals surface area contributed by atoms with Crippen LogP contribution in [-0.4, -0.2) is 50.8 Å². The fourth-order valence-electron chi connectivity index (χ4n) is 3.04. The van der Waals surface area contributed by atoms with E-state index in [4.69, 9.17) is 9.47 Å². The van der Waals surface area contributed by atoms with Crippen molar-refractivity contribution in [1.29, 1.82) is 0 Å². The van der Waals surface area contributed by atoms with Crippen molar-refractivity contribution >= 4 is 23.2 Å². The third kappa shape index (κ3) is 5.21. The Kier molecular flexibility index (Phi) is 6.16. The molecule has 1 aromatic rings. The zero-order valence-electron chi connectivity index (χ0n) is 14.6. The maximum Gasteiger partial charge on any atom is 0.279 e. The maximum atomic E-state index is 12.4. The normalized spacial score (nSPS) is 23.4. The van der Waals surface area contributed by atoms with Crippen LogP contribution >= 0.6 is 0 Å². The summed E-state index contributed by atoms with van der Waals surface area (Å²) in [7, 11) is 1.54. The third-order valence-corrected chi connectivity index (χ3v) is 3.82. The number of carbonyl (C=O) groups is 2. The Morgan fingerprint density at radius 3 is 2.50 bits per heavy atom. The van der Waals surface area contributed by atoms with Crippen LogP contribution < -0.4 is 20.3 Å². The van der Waals surface area contributed by atoms with E-state index in [1.54, 1.807) is 25.3 Å². The second-order valence-corrected chi connectivity index (χ2v) is 6.24. The number of rotatable bonds is 5. The Balaban J connectivity index is 2.03. The van der Waals surface area contributed by atoms with Gasteiger partial charge in [0.1, 0.15) is 31.0 Å². The van der Waals surface area contributed by atoms with Crippen molar-refractivity contribution < 1.29 is 24.0 Å². The standard InChI is InChI=1S/C17H25N3O4/c1-11-8-20(9-12(2)24-11)10-17(22)19-15-7-14(18-13(3)21)5-6-16(15)23-4/h5-7,11-12H,8-10H2,1-4H3,(H,18,21)(H,19,22)/p+1/t11-,12-/m1/s1. The number of carbonyl (C=O) groups excluding carboxylic acids is 2. The average Bonchev–Trinajstić information content (AvgIpc) is 2.45. The molecule has 2 atom stereocenters. The average molecular weight is 336 g/mol. The Morgan fingerprint density at radius 1 is 1.25 bits per heavy atom. The molecule has 0 bridgehead atoms. The van der Waals surface area contributed by atoms with E-state index < -0.39 is 0 Å². The largest absolute Gasteiger partial charge is 0.495 e. The highest BCUT2D eigenvalue weighted by atomic mass is 16.5. The zero-order chi connectivity index (χ0) is 17.7. The SMILES string of the molecule is COc1ccc(NC(C)=O)cc1NC(=O)C[NH+]1C[C@@H](C)O[C@H](C)C1. The number of ether oxygens (including phenoxy) is 2. The van der Waals surface area contributed by atoms with Crippen molar-refractivity contribution in [3.8, 4) is 5.75 Å². The van der Waals surface area contributed by atoms with Gasteiger partial charge in [-0.05, 0) is 32.0 Å². The molecule has 1 fully saturated rings. The van der Waals surface area contributed by atoms with Gasteiger partial charge in [-0.15, -0.1) is 0 Å². The first kappa shape index (κ1) is 18.2. The summed E-state index contributed by atoms with van der Waals surface area (Å²) in [6, 6.07) is 5.14. The predicted octanol–water partition coefficient (Wildman–Crippen LogP) is 0.284. The Morgan fingerprint density at radius 2 is 1.92 bits per heavy atom. The first-order valence-electron chi connectivity index (χ1n) is 8.12. The molecule has 1 aliphatic heterocycles. The number of amides is 2. The van der Waals surface area contributed by atoms with E-state index >= 15 is 0 Å². The van der Waals surface area contributed by atoms with Gasteiger partial charge in [-0.25, -0.2) is 0 Å². The van der Waals surface area contributed by atoms with Crippen LogP contribution in [-0.2, 0) is 14.3 Å². The molecule has 0 aromatic heterocycles. The first-order chi connectivity index (χ1) is 11.4. The molecule has 0 unspecified atom stereocenters. The summed E-state index contributed by atoms with van der Waals surface area (Å²) in [6.07, 6.45) is 0.295. The molecule has 1 aliphatic rings. The lowest BCUT2D eigenvalue weighted by Crippen LogP contribution is -3.16. The van der Waals surface area contributed by atoms with Crippen LogP contribution in [0.2, 0.25) is 0 Å². The van der Waals surface area contributed by atoms with Crippen LogP contribution in [0.5, 0.6) is 5.75 Å². The minimum Gasteiger partial charge on any atom is -0.495 e. The zero-order valence-corrected chi connectivity index (χ0v) is 14.6. The topological polar surface area (TPSA) is 81.1 Å². The molecule has 7 nitrogen and oxygen atoms in total. The van der Waals surface area contributed by atoms with Crippen molar-refractivity contribution in [1.82, 2.24) is 0 Å². The molecule has 24 heavy (non-hydrogen) atoms. The molecule has 1 saturated heterocycles. The summed E-state index contributed by atoms with van der Waals surface area (Å²) in [5, 5.41) is 5.57. The second-order valence-electron chi connectivity index (χ2n) is 6.24. The van der Waals surface area contributed by atoms with Gasteiger partial charge < -0.3 is 25.0 Å². The lowest BCUT2D eigenvalue weighted by atomic mass is 10.2. The minimum atomic E-state index is -0.168. The molecule has 7 heteroatoms. The summed E-state index contributed by atoms with van der Waals surface area (Å²) in [6.45, 7) is 7.46. The Labute approximate surface area is 142 Å². The van der Waals surface area contributed by atoms with Gasteiger partial charge in [0.2, 0.25) is 5.91 Å². The van der Waals surface area contributed by atoms with Crippen molar-refractivity contribution in [3.05, 3.63) is 18.2 Å². The molecule has 3 N–H and O–H groups in total. The molecule has 0 saturated carbocycles. The molecule has 2 rings (SSSR count). The molecule has 132 valence electrons. The highest BCUT2D eigenvalue weighted by Gasteiger charge is 2.27. The number of anilines is 2. The number of methoxy groups -OCH3 is 1. The molecule has 0 radical (unpaired) electrons. The summed E-state index contributed by atoms with van der Waals surface area (Å²) in [5.74, 6) is 0.291. The van der Waals surface area contributed by atoms with Gasteiger partial charge in [-0.3, -0.25) is 9.59 Å². The van der Waals surface area contributed by atoms with Crippen molar-refractivity contribution in [2.45, 2.75) is 33.0 Å². The molecular formula is C17H26N3O4+. The van der Waals surface area contributed by atoms with E-state index in [1.165, 1.54) is 11.8 Å². The van der Waals surface area contributed by atoms with Gasteiger partial charge in [0.15, 0.2) is 6.54 Å². The van der Waals surface area contributed by atoms with E-state index in [1.807, 2.05) is 13.8 Å². The Bertz CT molecular complexity index is 595. The monoisotopic (exact) mass is 336 g/mol. The fourth-order valence-corrected chi connectivity index (χ4v) is 3.04. The number of hydrogen-bond donors (Lipinski definition) is 3. The van der Waals surface area contributed by atoms with Crippen molar-refractivity contribution in [2.75, 3.05) is 37.4 Å². The van der Waals surface area contributed by atoms with Crippen molar-refractivity contribution in [3.63, 3.8) is 0 Å². The third-order valence-electron chi connectivity index (χ3n) is 3.82. The molecule has 0 spiro atoms. The number of hydrogen-bond acceptors (Lipinski definition) is 4. The van der Waals surface area contributed by atoms with Crippen LogP contribution in [0.25, 0.3) is 0 Å². The fraction of sp³-hybridized carbons (Fsp3) is 0.529. The smallest absolute Gasteiger partial charge is 0.279 e. The summed E-state index contributed by atoms with van der Waals surface area (Å²) < 4.78 is 11.0. The number of quaternary nitrogens is 1. The number of benzene rings is 1. The molecule has 2 amide bonds. The second kappa shape index (κ2) is 8.12.